The highest BCUT2D eigenvalue weighted by atomic mass is 19.1. The van der Waals surface area contributed by atoms with Gasteiger partial charge in [0.15, 0.2) is 5.70 Å². The zero-order chi connectivity index (χ0) is 15.7. The summed E-state index contributed by atoms with van der Waals surface area (Å²) in [4.78, 5) is 16.1. The molecule has 4 heteroatoms. The van der Waals surface area contributed by atoms with Gasteiger partial charge in [-0.1, -0.05) is 24.3 Å². The molecule has 0 radical (unpaired) electrons. The number of ether oxygens (including phenoxy) is 1. The summed E-state index contributed by atoms with van der Waals surface area (Å²) in [5, 5.41) is 0. The van der Waals surface area contributed by atoms with Crippen LogP contribution in [-0.4, -0.2) is 11.9 Å². The predicted molar refractivity (Wildman–Crippen MR) is 82.9 cm³/mol. The Balaban J connectivity index is 1.98. The molecule has 110 valence electrons. The smallest absolute Gasteiger partial charge is 0.363 e. The number of esters is 1. The number of aryl methyl sites for hydroxylation is 2. The molecule has 3 nitrogen and oxygen atoms in total. The molecule has 1 heterocycles. The quantitative estimate of drug-likeness (QED) is 0.624. The Bertz CT molecular complexity index is 822. The second-order valence-corrected chi connectivity index (χ2v) is 5.16. The van der Waals surface area contributed by atoms with Gasteiger partial charge in [0.2, 0.25) is 5.90 Å². The van der Waals surface area contributed by atoms with Gasteiger partial charge < -0.3 is 4.74 Å². The Labute approximate surface area is 127 Å². The number of hydrogen-bond acceptors (Lipinski definition) is 3. The third kappa shape index (κ3) is 2.68. The average Bonchev–Trinajstić information content (AvgIpc) is 2.85. The highest BCUT2D eigenvalue weighted by Crippen LogP contribution is 2.21. The van der Waals surface area contributed by atoms with Gasteiger partial charge >= 0.3 is 5.97 Å². The highest BCUT2D eigenvalue weighted by molar-refractivity contribution is 6.12. The Morgan fingerprint density at radius 2 is 1.86 bits per heavy atom. The van der Waals surface area contributed by atoms with Gasteiger partial charge in [0.1, 0.15) is 5.82 Å². The van der Waals surface area contributed by atoms with Crippen LogP contribution in [0.2, 0.25) is 0 Å². The van der Waals surface area contributed by atoms with E-state index in [-0.39, 0.29) is 11.6 Å². The first-order valence-corrected chi connectivity index (χ1v) is 6.89. The van der Waals surface area contributed by atoms with Crippen molar-refractivity contribution in [1.29, 1.82) is 0 Å². The second kappa shape index (κ2) is 5.56. The summed E-state index contributed by atoms with van der Waals surface area (Å²) in [6.45, 7) is 3.98. The maximum atomic E-state index is 13.6. The predicted octanol–water partition coefficient (Wildman–Crippen LogP) is 3.79. The number of nitrogens with zero attached hydrogens (tertiary/aromatic N) is 1. The lowest BCUT2D eigenvalue weighted by molar-refractivity contribution is -0.129. The molecular formula is C18H14FNO2. The van der Waals surface area contributed by atoms with Crippen molar-refractivity contribution in [3.05, 3.63) is 76.2 Å². The summed E-state index contributed by atoms with van der Waals surface area (Å²) in [5.74, 6) is -0.732. The maximum absolute atomic E-state index is 13.6. The van der Waals surface area contributed by atoms with E-state index in [1.807, 2.05) is 32.0 Å². The van der Waals surface area contributed by atoms with Crippen LogP contribution < -0.4 is 0 Å². The van der Waals surface area contributed by atoms with Crippen molar-refractivity contribution in [3.8, 4) is 0 Å². The number of benzene rings is 2. The molecule has 22 heavy (non-hydrogen) atoms. The van der Waals surface area contributed by atoms with Crippen LogP contribution in [0.3, 0.4) is 0 Å². The van der Waals surface area contributed by atoms with E-state index in [4.69, 9.17) is 4.74 Å². The molecule has 2 aromatic rings. The van der Waals surface area contributed by atoms with Crippen LogP contribution in [0.25, 0.3) is 6.08 Å². The zero-order valence-corrected chi connectivity index (χ0v) is 12.3. The van der Waals surface area contributed by atoms with Crippen molar-refractivity contribution in [2.24, 2.45) is 4.99 Å². The fourth-order valence-corrected chi connectivity index (χ4v) is 2.15. The van der Waals surface area contributed by atoms with Gasteiger partial charge in [-0.05, 0) is 49.2 Å². The van der Waals surface area contributed by atoms with E-state index in [1.54, 1.807) is 18.2 Å². The van der Waals surface area contributed by atoms with Crippen LogP contribution in [-0.2, 0) is 9.53 Å². The summed E-state index contributed by atoms with van der Waals surface area (Å²) in [7, 11) is 0. The molecule has 0 saturated heterocycles. The van der Waals surface area contributed by atoms with Crippen molar-refractivity contribution in [2.45, 2.75) is 13.8 Å². The summed E-state index contributed by atoms with van der Waals surface area (Å²) < 4.78 is 18.8. The van der Waals surface area contributed by atoms with E-state index < -0.39 is 11.8 Å². The van der Waals surface area contributed by atoms with Gasteiger partial charge in [0.05, 0.1) is 0 Å². The largest absolute Gasteiger partial charge is 0.402 e. The van der Waals surface area contributed by atoms with Crippen LogP contribution in [0.15, 0.2) is 53.2 Å². The van der Waals surface area contributed by atoms with Crippen LogP contribution in [0, 0.1) is 19.7 Å². The Kier molecular flexibility index (Phi) is 3.59. The Morgan fingerprint density at radius 1 is 1.09 bits per heavy atom. The van der Waals surface area contributed by atoms with Gasteiger partial charge in [0, 0.05) is 11.1 Å². The fourth-order valence-electron chi connectivity index (χ4n) is 2.15. The zero-order valence-electron chi connectivity index (χ0n) is 12.3. The second-order valence-electron chi connectivity index (χ2n) is 5.16. The van der Waals surface area contributed by atoms with E-state index in [0.29, 0.717) is 5.56 Å². The van der Waals surface area contributed by atoms with Gasteiger partial charge in [-0.25, -0.2) is 14.2 Å². The molecule has 0 bridgehead atoms. The topological polar surface area (TPSA) is 38.7 Å². The van der Waals surface area contributed by atoms with Gasteiger partial charge in [0.25, 0.3) is 0 Å². The number of carbonyl (C=O) groups is 1. The number of rotatable bonds is 2. The number of hydrogen-bond donors (Lipinski definition) is 0. The Morgan fingerprint density at radius 3 is 2.59 bits per heavy atom. The van der Waals surface area contributed by atoms with E-state index in [2.05, 4.69) is 4.99 Å². The van der Waals surface area contributed by atoms with E-state index in [0.717, 1.165) is 16.7 Å². The highest BCUT2D eigenvalue weighted by Gasteiger charge is 2.24. The van der Waals surface area contributed by atoms with E-state index in [1.165, 1.54) is 12.1 Å². The molecule has 0 atom stereocenters. The first kappa shape index (κ1) is 14.2. The third-order valence-corrected chi connectivity index (χ3v) is 3.57. The van der Waals surface area contributed by atoms with Crippen molar-refractivity contribution in [3.63, 3.8) is 0 Å². The monoisotopic (exact) mass is 295 g/mol. The minimum atomic E-state index is -0.573. The molecule has 0 spiro atoms. The van der Waals surface area contributed by atoms with Crippen molar-refractivity contribution < 1.29 is 13.9 Å². The number of cyclic esters (lactones) is 1. The summed E-state index contributed by atoms with van der Waals surface area (Å²) in [6, 6.07) is 11.9. The molecule has 3 rings (SSSR count). The van der Waals surface area contributed by atoms with Crippen LogP contribution >= 0.6 is 0 Å². The van der Waals surface area contributed by atoms with Crippen LogP contribution in [0.4, 0.5) is 4.39 Å². The minimum absolute atomic E-state index is 0.0957. The lowest BCUT2D eigenvalue weighted by atomic mass is 10.1. The Hall–Kier alpha value is -2.75. The minimum Gasteiger partial charge on any atom is -0.402 e. The van der Waals surface area contributed by atoms with Crippen molar-refractivity contribution in [1.82, 2.24) is 0 Å². The molecule has 1 aliphatic rings. The van der Waals surface area contributed by atoms with Gasteiger partial charge in [-0.3, -0.25) is 0 Å². The van der Waals surface area contributed by atoms with Crippen LogP contribution in [0.1, 0.15) is 22.3 Å². The molecule has 0 saturated carbocycles. The first-order chi connectivity index (χ1) is 10.5. The summed E-state index contributed by atoms with van der Waals surface area (Å²) in [5.41, 5.74) is 3.37. The number of aliphatic imine (C=N–C) groups is 1. The van der Waals surface area contributed by atoms with Gasteiger partial charge in [-0.2, -0.15) is 0 Å². The molecule has 1 aliphatic heterocycles. The molecule has 0 aliphatic carbocycles. The normalized spacial score (nSPS) is 15.9. The lowest BCUT2D eigenvalue weighted by Crippen LogP contribution is -2.05. The van der Waals surface area contributed by atoms with E-state index in [9.17, 15) is 9.18 Å². The standard InChI is InChI=1S/C18H14FNO2/c1-11-7-8-14(9-12(11)2)17-20-16(18(21)22-17)10-13-5-3-4-6-15(13)19/h3-10H,1-2H3. The van der Waals surface area contributed by atoms with Crippen molar-refractivity contribution in [2.75, 3.05) is 0 Å². The lowest BCUT2D eigenvalue weighted by Gasteiger charge is -2.03. The summed E-state index contributed by atoms with van der Waals surface area (Å²) >= 11 is 0. The summed E-state index contributed by atoms with van der Waals surface area (Å²) in [6.07, 6.45) is 1.39. The van der Waals surface area contributed by atoms with Gasteiger partial charge in [-0.15, -0.1) is 0 Å². The first-order valence-electron chi connectivity index (χ1n) is 6.89. The molecule has 0 amide bonds. The molecule has 0 unspecified atom stereocenters. The molecule has 0 aromatic heterocycles. The SMILES string of the molecule is Cc1ccc(C2=NC(=Cc3ccccc3F)C(=O)O2)cc1C. The molecular weight excluding hydrogens is 281 g/mol. The molecule has 2 aromatic carbocycles. The third-order valence-electron chi connectivity index (χ3n) is 3.57. The number of carbonyl (C=O) groups excluding carboxylic acids is 1. The van der Waals surface area contributed by atoms with E-state index >= 15 is 0 Å². The van der Waals surface area contributed by atoms with Crippen LogP contribution in [0.5, 0.6) is 0 Å². The average molecular weight is 295 g/mol. The molecule has 0 fully saturated rings. The fraction of sp³-hybridized carbons (Fsp3) is 0.111. The van der Waals surface area contributed by atoms with Crippen molar-refractivity contribution >= 4 is 17.9 Å². The maximum Gasteiger partial charge on any atom is 0.363 e. The molecule has 0 N–H and O–H groups in total. The number of halogens is 1.